The second-order valence-electron chi connectivity index (χ2n) is 13.6. The van der Waals surface area contributed by atoms with E-state index in [1.807, 2.05) is 59.0 Å². The summed E-state index contributed by atoms with van der Waals surface area (Å²) >= 11 is 0. The van der Waals surface area contributed by atoms with E-state index in [4.69, 9.17) is 4.74 Å². The summed E-state index contributed by atoms with van der Waals surface area (Å²) in [6.45, 7) is 10.4. The number of nitrogens with zero attached hydrogens (tertiary/aromatic N) is 5. The van der Waals surface area contributed by atoms with Crippen molar-refractivity contribution in [1.29, 1.82) is 0 Å². The fourth-order valence-corrected chi connectivity index (χ4v) is 5.94. The van der Waals surface area contributed by atoms with Gasteiger partial charge < -0.3 is 24.3 Å². The molecule has 4 atom stereocenters. The number of halogens is 1. The monoisotopic (exact) mass is 656 g/mol. The van der Waals surface area contributed by atoms with Crippen molar-refractivity contribution in [2.75, 3.05) is 19.6 Å². The van der Waals surface area contributed by atoms with E-state index >= 15 is 0 Å². The highest BCUT2D eigenvalue weighted by molar-refractivity contribution is 5.93. The molecule has 1 aromatic carbocycles. The van der Waals surface area contributed by atoms with Crippen LogP contribution in [0.1, 0.15) is 63.5 Å². The molecule has 0 bridgehead atoms. The Morgan fingerprint density at radius 2 is 1.81 bits per heavy atom. The Kier molecular flexibility index (Phi) is 10.8. The molecule has 1 aliphatic rings. The first-order chi connectivity index (χ1) is 22.9. The minimum absolute atomic E-state index is 0.172. The average molecular weight is 657 g/mol. The molecule has 5 rings (SSSR count). The van der Waals surface area contributed by atoms with Gasteiger partial charge in [0, 0.05) is 50.2 Å². The molecule has 0 radical (unpaired) electrons. The van der Waals surface area contributed by atoms with Crippen LogP contribution in [0.3, 0.4) is 0 Å². The summed E-state index contributed by atoms with van der Waals surface area (Å²) in [5, 5.41) is 3.03. The zero-order valence-corrected chi connectivity index (χ0v) is 28.3. The molecule has 1 aliphatic heterocycles. The lowest BCUT2D eigenvalue weighted by molar-refractivity contribution is -0.141. The van der Waals surface area contributed by atoms with Crippen molar-refractivity contribution in [3.05, 3.63) is 96.5 Å². The Bertz CT molecular complexity index is 1670. The van der Waals surface area contributed by atoms with Crippen molar-refractivity contribution in [3.63, 3.8) is 0 Å². The van der Waals surface area contributed by atoms with Gasteiger partial charge in [-0.1, -0.05) is 52.8 Å². The van der Waals surface area contributed by atoms with E-state index in [0.717, 1.165) is 5.56 Å². The molecule has 1 fully saturated rings. The van der Waals surface area contributed by atoms with Crippen LogP contribution < -0.4 is 10.1 Å². The zero-order chi connectivity index (χ0) is 34.4. The third-order valence-electron chi connectivity index (χ3n) is 8.96. The van der Waals surface area contributed by atoms with Crippen molar-refractivity contribution in [3.8, 4) is 5.75 Å². The lowest BCUT2D eigenvalue weighted by Crippen LogP contribution is -2.58. The predicted molar refractivity (Wildman–Crippen MR) is 181 cm³/mol. The number of hydrogen-bond donors (Lipinski definition) is 1. The molecule has 1 N–H and O–H groups in total. The van der Waals surface area contributed by atoms with Gasteiger partial charge in [0.25, 0.3) is 5.91 Å². The van der Waals surface area contributed by atoms with E-state index in [1.165, 1.54) is 12.1 Å². The third kappa shape index (κ3) is 8.37. The smallest absolute Gasteiger partial charge is 0.274 e. The summed E-state index contributed by atoms with van der Waals surface area (Å²) in [5.41, 5.74) is 1.23. The van der Waals surface area contributed by atoms with Crippen molar-refractivity contribution in [1.82, 2.24) is 29.5 Å². The Balaban J connectivity index is 1.46. The normalized spacial score (nSPS) is 17.6. The average Bonchev–Trinajstić information content (AvgIpc) is 3.69. The van der Waals surface area contributed by atoms with Crippen molar-refractivity contribution >= 4 is 23.4 Å². The molecular formula is C37H45FN6O4. The second-order valence-corrected chi connectivity index (χ2v) is 13.6. The number of rotatable bonds is 12. The molecule has 0 spiro atoms. The summed E-state index contributed by atoms with van der Waals surface area (Å²) in [6, 6.07) is 14.1. The summed E-state index contributed by atoms with van der Waals surface area (Å²) in [7, 11) is 0. The molecule has 0 saturated carbocycles. The van der Waals surface area contributed by atoms with E-state index in [2.05, 4.69) is 15.3 Å². The van der Waals surface area contributed by atoms with Crippen LogP contribution in [0.5, 0.6) is 5.75 Å². The number of nitrogens with one attached hydrogen (secondary N) is 1. The van der Waals surface area contributed by atoms with Gasteiger partial charge in [0.1, 0.15) is 35.1 Å². The lowest BCUT2D eigenvalue weighted by atomic mass is 9.85. The van der Waals surface area contributed by atoms with Gasteiger partial charge in [-0.3, -0.25) is 19.4 Å². The van der Waals surface area contributed by atoms with Crippen molar-refractivity contribution in [2.45, 2.75) is 72.1 Å². The van der Waals surface area contributed by atoms with Gasteiger partial charge >= 0.3 is 0 Å². The predicted octanol–water partition coefficient (Wildman–Crippen LogP) is 5.18. The highest BCUT2D eigenvalue weighted by atomic mass is 19.1. The first-order valence-corrected chi connectivity index (χ1v) is 16.6. The number of carbonyl (C=O) groups excluding carboxylic acids is 3. The van der Waals surface area contributed by atoms with Crippen LogP contribution >= 0.6 is 0 Å². The SMILES string of the molecule is CC[C@@H](C)C(=O)N[C@H](C(=O)N1C[C@@H](Oc2ccncc2)C[C@H]1CN(CCc1ccc(F)cc1)C(=O)c1cn2ccccc2n1)C(C)(C)C. The molecule has 3 aromatic heterocycles. The number of fused-ring (bicyclic) bond motifs is 1. The number of imidazole rings is 1. The Morgan fingerprint density at radius 1 is 1.08 bits per heavy atom. The molecule has 11 heteroatoms. The fourth-order valence-electron chi connectivity index (χ4n) is 5.94. The van der Waals surface area contributed by atoms with Crippen LogP contribution in [0.4, 0.5) is 4.39 Å². The molecule has 1 saturated heterocycles. The molecule has 3 amide bonds. The van der Waals surface area contributed by atoms with Crippen molar-refractivity contribution < 1.29 is 23.5 Å². The maximum absolute atomic E-state index is 14.5. The highest BCUT2D eigenvalue weighted by Gasteiger charge is 2.44. The van der Waals surface area contributed by atoms with Crippen LogP contribution in [-0.4, -0.2) is 79.7 Å². The summed E-state index contributed by atoms with van der Waals surface area (Å²) in [6.07, 6.45) is 8.08. The quantitative estimate of drug-likeness (QED) is 0.225. The van der Waals surface area contributed by atoms with Gasteiger partial charge in [-0.2, -0.15) is 0 Å². The summed E-state index contributed by atoms with van der Waals surface area (Å²) in [4.78, 5) is 53.9. The van der Waals surface area contributed by atoms with Gasteiger partial charge in [0.05, 0.1) is 12.6 Å². The topological polar surface area (TPSA) is 109 Å². The lowest BCUT2D eigenvalue weighted by Gasteiger charge is -2.37. The Labute approximate surface area is 281 Å². The summed E-state index contributed by atoms with van der Waals surface area (Å²) < 4.78 is 21.8. The number of ether oxygens (including phenoxy) is 1. The number of carbonyl (C=O) groups is 3. The number of likely N-dealkylation sites (tertiary alicyclic amines) is 1. The van der Waals surface area contributed by atoms with E-state index in [0.29, 0.717) is 37.2 Å². The molecule has 254 valence electrons. The highest BCUT2D eigenvalue weighted by Crippen LogP contribution is 2.29. The van der Waals surface area contributed by atoms with Crippen LogP contribution in [0.25, 0.3) is 5.65 Å². The summed E-state index contributed by atoms with van der Waals surface area (Å²) in [5.74, 6) is -0.605. The maximum Gasteiger partial charge on any atom is 0.274 e. The van der Waals surface area contributed by atoms with Crippen LogP contribution in [0.2, 0.25) is 0 Å². The van der Waals surface area contributed by atoms with E-state index < -0.39 is 17.5 Å². The second kappa shape index (κ2) is 15.0. The number of benzene rings is 1. The van der Waals surface area contributed by atoms with Gasteiger partial charge in [-0.05, 0) is 60.2 Å². The molecule has 4 heterocycles. The first-order valence-electron chi connectivity index (χ1n) is 16.6. The zero-order valence-electron chi connectivity index (χ0n) is 28.3. The van der Waals surface area contributed by atoms with Crippen LogP contribution in [-0.2, 0) is 16.0 Å². The molecular weight excluding hydrogens is 611 g/mol. The number of hydrogen-bond acceptors (Lipinski definition) is 6. The van der Waals surface area contributed by atoms with Crippen molar-refractivity contribution in [2.24, 2.45) is 11.3 Å². The molecule has 48 heavy (non-hydrogen) atoms. The fraction of sp³-hybridized carbons (Fsp3) is 0.432. The molecule has 4 aromatic rings. The van der Waals surface area contributed by atoms with Gasteiger partial charge in [-0.25, -0.2) is 9.37 Å². The number of amides is 3. The standard InChI is InChI=1S/C37H45FN6O4/c1-6-25(2)34(45)41-33(37(3,4)5)36(47)44-23-30(48-29-14-17-39-18-15-29)21-28(44)22-43(20-16-26-10-12-27(38)13-11-26)35(46)31-24-42-19-8-7-9-32(42)40-31/h7-15,17-19,24-25,28,30,33H,6,16,20-23H2,1-5H3,(H,41,45)/t25-,28+,30+,33-/m1/s1. The van der Waals surface area contributed by atoms with Crippen LogP contribution in [0.15, 0.2) is 79.4 Å². The minimum Gasteiger partial charge on any atom is -0.488 e. The van der Waals surface area contributed by atoms with E-state index in [-0.39, 0.29) is 54.3 Å². The maximum atomic E-state index is 14.5. The molecule has 0 aliphatic carbocycles. The Hall–Kier alpha value is -4.80. The van der Waals surface area contributed by atoms with Crippen LogP contribution in [0, 0.1) is 17.2 Å². The van der Waals surface area contributed by atoms with Gasteiger partial charge in [0.2, 0.25) is 11.8 Å². The number of pyridine rings is 2. The Morgan fingerprint density at radius 3 is 2.48 bits per heavy atom. The van der Waals surface area contributed by atoms with Gasteiger partial charge in [-0.15, -0.1) is 0 Å². The molecule has 0 unspecified atom stereocenters. The largest absolute Gasteiger partial charge is 0.488 e. The van der Waals surface area contributed by atoms with Gasteiger partial charge in [0.15, 0.2) is 0 Å². The van der Waals surface area contributed by atoms with E-state index in [1.54, 1.807) is 57.1 Å². The van der Waals surface area contributed by atoms with E-state index in [9.17, 15) is 18.8 Å². The molecule has 10 nitrogen and oxygen atoms in total. The third-order valence-corrected chi connectivity index (χ3v) is 8.96. The number of aromatic nitrogens is 3. The first kappa shape index (κ1) is 34.5. The minimum atomic E-state index is -0.789.